The summed E-state index contributed by atoms with van der Waals surface area (Å²) in [5.41, 5.74) is 3.57. The first-order chi connectivity index (χ1) is 14.0. The molecule has 0 aliphatic rings. The van der Waals surface area contributed by atoms with Crippen LogP contribution in [-0.4, -0.2) is 30.6 Å². The molecule has 1 aromatic carbocycles. The minimum absolute atomic E-state index is 0.0716. The van der Waals surface area contributed by atoms with Crippen molar-refractivity contribution < 1.29 is 14.3 Å². The fourth-order valence-corrected chi connectivity index (χ4v) is 2.86. The van der Waals surface area contributed by atoms with Crippen molar-refractivity contribution in [3.63, 3.8) is 0 Å². The lowest BCUT2D eigenvalue weighted by Gasteiger charge is -2.13. The number of nitrogens with one attached hydrogen (secondary N) is 1. The van der Waals surface area contributed by atoms with Crippen LogP contribution in [0, 0.1) is 25.2 Å². The molecule has 29 heavy (non-hydrogen) atoms. The zero-order valence-corrected chi connectivity index (χ0v) is 17.2. The van der Waals surface area contributed by atoms with E-state index >= 15 is 0 Å². The van der Waals surface area contributed by atoms with Crippen molar-refractivity contribution in [3.8, 4) is 11.8 Å². The molecule has 1 heterocycles. The molecule has 6 heteroatoms. The van der Waals surface area contributed by atoms with E-state index in [-0.39, 0.29) is 11.5 Å². The van der Waals surface area contributed by atoms with E-state index in [1.54, 1.807) is 12.3 Å². The van der Waals surface area contributed by atoms with Gasteiger partial charge in [-0.1, -0.05) is 6.07 Å². The number of nitriles is 1. The van der Waals surface area contributed by atoms with Crippen LogP contribution in [0.4, 0.5) is 0 Å². The molecule has 2 rings (SSSR count). The number of ether oxygens (including phenoxy) is 2. The summed E-state index contributed by atoms with van der Waals surface area (Å²) in [5.74, 6) is 0.404. The Bertz CT molecular complexity index is 863. The molecule has 1 N–H and O–H groups in total. The Balaban J connectivity index is 2.05. The van der Waals surface area contributed by atoms with Crippen molar-refractivity contribution in [2.75, 3.05) is 19.8 Å². The van der Waals surface area contributed by atoms with Crippen molar-refractivity contribution in [2.24, 2.45) is 0 Å². The fourth-order valence-electron chi connectivity index (χ4n) is 2.86. The molecule has 6 nitrogen and oxygen atoms in total. The summed E-state index contributed by atoms with van der Waals surface area (Å²) in [7, 11) is 0. The van der Waals surface area contributed by atoms with Crippen LogP contribution in [0.25, 0.3) is 6.08 Å². The van der Waals surface area contributed by atoms with Crippen molar-refractivity contribution in [2.45, 2.75) is 33.8 Å². The third-order valence-electron chi connectivity index (χ3n) is 4.20. The molecule has 1 amide bonds. The molecule has 0 saturated heterocycles. The monoisotopic (exact) mass is 393 g/mol. The maximum atomic E-state index is 12.2. The molecule has 0 aliphatic heterocycles. The molecule has 152 valence electrons. The second kappa shape index (κ2) is 11.6. The first-order valence-corrected chi connectivity index (χ1v) is 9.66. The van der Waals surface area contributed by atoms with Crippen LogP contribution in [0.1, 0.15) is 35.7 Å². The first-order valence-electron chi connectivity index (χ1n) is 9.66. The third kappa shape index (κ3) is 7.05. The van der Waals surface area contributed by atoms with Crippen molar-refractivity contribution in [1.82, 2.24) is 10.3 Å². The summed E-state index contributed by atoms with van der Waals surface area (Å²) in [5, 5.41) is 12.1. The van der Waals surface area contributed by atoms with Gasteiger partial charge in [-0.3, -0.25) is 9.78 Å². The Morgan fingerprint density at radius 2 is 2.03 bits per heavy atom. The molecule has 0 unspecified atom stereocenters. The number of hydrogen-bond acceptors (Lipinski definition) is 5. The lowest BCUT2D eigenvalue weighted by molar-refractivity contribution is -0.117. The molecule has 0 bridgehead atoms. The number of rotatable bonds is 10. The quantitative estimate of drug-likeness (QED) is 0.378. The van der Waals surface area contributed by atoms with E-state index in [4.69, 9.17) is 9.47 Å². The second-order valence-corrected chi connectivity index (χ2v) is 6.57. The van der Waals surface area contributed by atoms with E-state index in [9.17, 15) is 10.1 Å². The largest absolute Gasteiger partial charge is 0.487 e. The Labute approximate surface area is 172 Å². The summed E-state index contributed by atoms with van der Waals surface area (Å²) in [6.07, 6.45) is 4.04. The zero-order valence-electron chi connectivity index (χ0n) is 17.2. The summed E-state index contributed by atoms with van der Waals surface area (Å²) >= 11 is 0. The zero-order chi connectivity index (χ0) is 21.1. The van der Waals surface area contributed by atoms with Gasteiger partial charge in [-0.15, -0.1) is 0 Å². The van der Waals surface area contributed by atoms with E-state index < -0.39 is 0 Å². The summed E-state index contributed by atoms with van der Waals surface area (Å²) in [4.78, 5) is 16.5. The van der Waals surface area contributed by atoms with Gasteiger partial charge in [-0.2, -0.15) is 5.26 Å². The number of benzene rings is 1. The van der Waals surface area contributed by atoms with Crippen LogP contribution < -0.4 is 10.1 Å². The highest BCUT2D eigenvalue weighted by Crippen LogP contribution is 2.26. The topological polar surface area (TPSA) is 84.2 Å². The van der Waals surface area contributed by atoms with Gasteiger partial charge in [-0.25, -0.2) is 0 Å². The number of pyridine rings is 1. The highest BCUT2D eigenvalue weighted by atomic mass is 16.5. The summed E-state index contributed by atoms with van der Waals surface area (Å²) in [6.45, 7) is 7.89. The number of amides is 1. The Hall–Kier alpha value is -3.17. The average molecular weight is 393 g/mol. The first kappa shape index (κ1) is 22.1. The van der Waals surface area contributed by atoms with Crippen molar-refractivity contribution in [3.05, 3.63) is 64.5 Å². The molecule has 0 aliphatic carbocycles. The molecule has 1 aromatic heterocycles. The van der Waals surface area contributed by atoms with Crippen LogP contribution in [0.2, 0.25) is 0 Å². The maximum Gasteiger partial charge on any atom is 0.261 e. The van der Waals surface area contributed by atoms with E-state index in [0.29, 0.717) is 32.8 Å². The molecule has 0 spiro atoms. The van der Waals surface area contributed by atoms with Gasteiger partial charge in [0.2, 0.25) is 0 Å². The number of carbonyl (C=O) groups excluding carboxylic acids is 1. The number of carbonyl (C=O) groups is 1. The Morgan fingerprint density at radius 1 is 1.28 bits per heavy atom. The molecular weight excluding hydrogens is 366 g/mol. The average Bonchev–Trinajstić information content (AvgIpc) is 2.72. The van der Waals surface area contributed by atoms with Crippen LogP contribution >= 0.6 is 0 Å². The van der Waals surface area contributed by atoms with E-state index in [1.807, 2.05) is 57.2 Å². The predicted molar refractivity (Wildman–Crippen MR) is 112 cm³/mol. The second-order valence-electron chi connectivity index (χ2n) is 6.57. The van der Waals surface area contributed by atoms with Crippen LogP contribution in [0.3, 0.4) is 0 Å². The van der Waals surface area contributed by atoms with Crippen LogP contribution in [0.5, 0.6) is 5.75 Å². The minimum Gasteiger partial charge on any atom is -0.487 e. The molecule has 0 saturated carbocycles. The SMILES string of the molecule is CCOCCCNC(=O)/C(C#N)=C/c1cc(C)c(OCc2ccccn2)c(C)c1. The standard InChI is InChI=1S/C23H27N3O3/c1-4-28-11-7-10-26-23(27)20(15-24)14-19-12-17(2)22(18(3)13-19)29-16-21-8-5-6-9-25-21/h5-6,8-9,12-14H,4,7,10-11,16H2,1-3H3,(H,26,27)/b20-14+. The lowest BCUT2D eigenvalue weighted by Crippen LogP contribution is -2.26. The third-order valence-corrected chi connectivity index (χ3v) is 4.20. The number of aryl methyl sites for hydroxylation is 2. The van der Waals surface area contributed by atoms with Crippen molar-refractivity contribution in [1.29, 1.82) is 5.26 Å². The minimum atomic E-state index is -0.380. The summed E-state index contributed by atoms with van der Waals surface area (Å²) < 4.78 is 11.2. The number of aromatic nitrogens is 1. The smallest absolute Gasteiger partial charge is 0.261 e. The van der Waals surface area contributed by atoms with Gasteiger partial charge in [0.05, 0.1) is 5.69 Å². The molecular formula is C23H27N3O3. The predicted octanol–water partition coefficient (Wildman–Crippen LogP) is 3.73. The number of nitrogens with zero attached hydrogens (tertiary/aromatic N) is 2. The molecule has 2 aromatic rings. The van der Waals surface area contributed by atoms with Gasteiger partial charge in [-0.05, 0) is 74.2 Å². The van der Waals surface area contributed by atoms with Crippen molar-refractivity contribution >= 4 is 12.0 Å². The van der Waals surface area contributed by atoms with E-state index in [1.165, 1.54) is 0 Å². The maximum absolute atomic E-state index is 12.2. The van der Waals surface area contributed by atoms with Gasteiger partial charge in [0.15, 0.2) is 0 Å². The molecule has 0 radical (unpaired) electrons. The van der Waals surface area contributed by atoms with Gasteiger partial charge in [0, 0.05) is 26.0 Å². The van der Waals surface area contributed by atoms with Crippen LogP contribution in [-0.2, 0) is 16.1 Å². The van der Waals surface area contributed by atoms with Crippen LogP contribution in [0.15, 0.2) is 42.1 Å². The Kier molecular flexibility index (Phi) is 8.87. The summed E-state index contributed by atoms with van der Waals surface area (Å²) in [6, 6.07) is 11.5. The van der Waals surface area contributed by atoms with E-state index in [2.05, 4.69) is 10.3 Å². The van der Waals surface area contributed by atoms with Gasteiger partial charge < -0.3 is 14.8 Å². The highest BCUT2D eigenvalue weighted by molar-refractivity contribution is 6.01. The van der Waals surface area contributed by atoms with E-state index in [0.717, 1.165) is 28.1 Å². The molecule has 0 atom stereocenters. The number of hydrogen-bond donors (Lipinski definition) is 1. The van der Waals surface area contributed by atoms with Gasteiger partial charge >= 0.3 is 0 Å². The van der Waals surface area contributed by atoms with Gasteiger partial charge in [0.1, 0.15) is 24.0 Å². The normalized spacial score (nSPS) is 11.0. The Morgan fingerprint density at radius 3 is 2.66 bits per heavy atom. The fraction of sp³-hybridized carbons (Fsp3) is 0.348. The lowest BCUT2D eigenvalue weighted by atomic mass is 10.0. The molecule has 0 fully saturated rings. The van der Waals surface area contributed by atoms with Gasteiger partial charge in [0.25, 0.3) is 5.91 Å². The highest BCUT2D eigenvalue weighted by Gasteiger charge is 2.11.